The Labute approximate surface area is 98.5 Å². The van der Waals surface area contributed by atoms with Gasteiger partial charge in [0.05, 0.1) is 0 Å². The fourth-order valence-corrected chi connectivity index (χ4v) is 3.96. The molecule has 3 nitrogen and oxygen atoms in total. The summed E-state index contributed by atoms with van der Waals surface area (Å²) in [6.07, 6.45) is 0. The predicted molar refractivity (Wildman–Crippen MR) is 64.3 cm³/mol. The maximum atomic E-state index is 11.8. The minimum atomic E-state index is -0.139. The molecule has 0 aromatic heterocycles. The molecule has 0 N–H and O–H groups in total. The Kier molecular flexibility index (Phi) is 3.32. The van der Waals surface area contributed by atoms with Crippen LogP contribution in [-0.4, -0.2) is 41.6 Å². The summed E-state index contributed by atoms with van der Waals surface area (Å²) >= 11 is 0.220. The zero-order chi connectivity index (χ0) is 11.9. The standard InChI is InChI=1S/C11H20N2OSe/c1-10(2,3)12-9-13(11(4,5)6)8(14)7-15-9/h7H2,1-6H3. The van der Waals surface area contributed by atoms with E-state index < -0.39 is 0 Å². The number of carbonyl (C=O) groups excluding carboxylic acids is 1. The van der Waals surface area contributed by atoms with Crippen molar-refractivity contribution in [1.82, 2.24) is 4.90 Å². The van der Waals surface area contributed by atoms with Gasteiger partial charge >= 0.3 is 98.2 Å². The molecule has 1 saturated heterocycles. The molecule has 0 saturated carbocycles. The van der Waals surface area contributed by atoms with Crippen LogP contribution in [0.2, 0.25) is 5.32 Å². The number of rotatable bonds is 0. The van der Waals surface area contributed by atoms with Crippen molar-refractivity contribution in [2.45, 2.75) is 57.9 Å². The first-order valence-electron chi connectivity index (χ1n) is 5.17. The van der Waals surface area contributed by atoms with E-state index in [-0.39, 0.29) is 31.9 Å². The molecule has 1 heterocycles. The second kappa shape index (κ2) is 3.91. The third-order valence-corrected chi connectivity index (χ3v) is 3.80. The van der Waals surface area contributed by atoms with Gasteiger partial charge in [-0.15, -0.1) is 0 Å². The monoisotopic (exact) mass is 276 g/mol. The quantitative estimate of drug-likeness (QED) is 0.621. The van der Waals surface area contributed by atoms with Crippen LogP contribution >= 0.6 is 0 Å². The Morgan fingerprint density at radius 2 is 1.73 bits per heavy atom. The summed E-state index contributed by atoms with van der Waals surface area (Å²) in [5, 5.41) is 0.666. The topological polar surface area (TPSA) is 32.7 Å². The zero-order valence-corrected chi connectivity index (χ0v) is 12.1. The molecular weight excluding hydrogens is 255 g/mol. The molecular formula is C11H20N2OSe. The second-order valence-corrected chi connectivity index (χ2v) is 7.73. The van der Waals surface area contributed by atoms with Crippen LogP contribution in [0.3, 0.4) is 0 Å². The minimum absolute atomic E-state index is 0.0921. The fraction of sp³-hybridized carbons (Fsp3) is 0.818. The molecule has 1 aliphatic rings. The van der Waals surface area contributed by atoms with E-state index in [0.29, 0.717) is 5.32 Å². The average Bonchev–Trinajstić information content (AvgIpc) is 2.25. The van der Waals surface area contributed by atoms with Crippen molar-refractivity contribution in [2.24, 2.45) is 4.99 Å². The van der Waals surface area contributed by atoms with E-state index in [1.165, 1.54) is 0 Å². The van der Waals surface area contributed by atoms with E-state index in [9.17, 15) is 4.79 Å². The molecule has 86 valence electrons. The average molecular weight is 275 g/mol. The summed E-state index contributed by atoms with van der Waals surface area (Å²) in [6, 6.07) is 0. The Morgan fingerprint density at radius 3 is 2.13 bits per heavy atom. The van der Waals surface area contributed by atoms with Crippen molar-refractivity contribution in [3.63, 3.8) is 0 Å². The van der Waals surface area contributed by atoms with E-state index in [1.54, 1.807) is 0 Å². The molecule has 0 bridgehead atoms. The third-order valence-electron chi connectivity index (χ3n) is 1.87. The molecule has 1 amide bonds. The number of amidine groups is 1. The van der Waals surface area contributed by atoms with Crippen LogP contribution in [0.15, 0.2) is 4.99 Å². The fourth-order valence-electron chi connectivity index (χ4n) is 1.39. The molecule has 4 heteroatoms. The van der Waals surface area contributed by atoms with Crippen LogP contribution in [0.1, 0.15) is 41.5 Å². The van der Waals surface area contributed by atoms with Crippen molar-refractivity contribution >= 4 is 25.6 Å². The van der Waals surface area contributed by atoms with E-state index in [1.807, 2.05) is 4.90 Å². The van der Waals surface area contributed by atoms with Crippen LogP contribution in [-0.2, 0) is 4.79 Å². The van der Waals surface area contributed by atoms with E-state index in [0.717, 1.165) is 4.73 Å². The number of amides is 1. The van der Waals surface area contributed by atoms with Gasteiger partial charge in [-0.1, -0.05) is 0 Å². The van der Waals surface area contributed by atoms with Gasteiger partial charge in [-0.2, -0.15) is 0 Å². The molecule has 1 rings (SSSR count). The van der Waals surface area contributed by atoms with Crippen molar-refractivity contribution in [3.8, 4) is 0 Å². The van der Waals surface area contributed by atoms with Gasteiger partial charge in [-0.3, -0.25) is 0 Å². The van der Waals surface area contributed by atoms with E-state index >= 15 is 0 Å². The molecule has 0 spiro atoms. The van der Waals surface area contributed by atoms with Crippen molar-refractivity contribution in [2.75, 3.05) is 0 Å². The Hall–Kier alpha value is -0.341. The Balaban J connectivity index is 3.02. The van der Waals surface area contributed by atoms with Gasteiger partial charge in [-0.05, 0) is 0 Å². The Bertz CT molecular complexity index is 297. The molecule has 0 radical (unpaired) electrons. The first-order chi connectivity index (χ1) is 6.61. The summed E-state index contributed by atoms with van der Waals surface area (Å²) < 4.78 is 1.01. The van der Waals surface area contributed by atoms with Gasteiger partial charge < -0.3 is 0 Å². The summed E-state index contributed by atoms with van der Waals surface area (Å²) in [7, 11) is 0. The number of carbonyl (C=O) groups is 1. The van der Waals surface area contributed by atoms with Gasteiger partial charge in [0.25, 0.3) is 0 Å². The molecule has 0 aromatic rings. The molecule has 0 aliphatic carbocycles. The number of nitrogens with zero attached hydrogens (tertiary/aromatic N) is 2. The number of aliphatic imine (C=N–C) groups is 1. The van der Waals surface area contributed by atoms with Crippen LogP contribution in [0.4, 0.5) is 0 Å². The number of hydrogen-bond donors (Lipinski definition) is 0. The third kappa shape index (κ3) is 3.32. The SMILES string of the molecule is CC(C)(C)N=C1[Se]CC(=O)N1C(C)(C)C. The van der Waals surface area contributed by atoms with Crippen LogP contribution in [0.5, 0.6) is 0 Å². The number of hydrogen-bond acceptors (Lipinski definition) is 2. The summed E-state index contributed by atoms with van der Waals surface area (Å²) in [5.74, 6) is 0.227. The first-order valence-corrected chi connectivity index (χ1v) is 7.24. The van der Waals surface area contributed by atoms with Crippen LogP contribution in [0, 0.1) is 0 Å². The van der Waals surface area contributed by atoms with Crippen LogP contribution in [0.25, 0.3) is 0 Å². The van der Waals surface area contributed by atoms with Crippen molar-refractivity contribution in [1.29, 1.82) is 0 Å². The molecule has 0 aromatic carbocycles. The first kappa shape index (κ1) is 12.7. The normalized spacial score (nSPS) is 21.6. The van der Waals surface area contributed by atoms with Gasteiger partial charge in [-0.25, -0.2) is 0 Å². The molecule has 1 aliphatic heterocycles. The second-order valence-electron chi connectivity index (χ2n) is 5.75. The maximum absolute atomic E-state index is 11.8. The van der Waals surface area contributed by atoms with Gasteiger partial charge in [0, 0.05) is 0 Å². The van der Waals surface area contributed by atoms with E-state index in [4.69, 9.17) is 0 Å². The molecule has 15 heavy (non-hydrogen) atoms. The van der Waals surface area contributed by atoms with Crippen LogP contribution < -0.4 is 0 Å². The zero-order valence-electron chi connectivity index (χ0n) is 10.4. The van der Waals surface area contributed by atoms with E-state index in [2.05, 4.69) is 46.5 Å². The summed E-state index contributed by atoms with van der Waals surface area (Å²) in [4.78, 5) is 18.3. The van der Waals surface area contributed by atoms with Crippen molar-refractivity contribution in [3.05, 3.63) is 0 Å². The predicted octanol–water partition coefficient (Wildman–Crippen LogP) is 1.90. The Morgan fingerprint density at radius 1 is 1.20 bits per heavy atom. The summed E-state index contributed by atoms with van der Waals surface area (Å²) in [5.41, 5.74) is -0.232. The van der Waals surface area contributed by atoms with Crippen molar-refractivity contribution < 1.29 is 4.79 Å². The summed E-state index contributed by atoms with van der Waals surface area (Å²) in [6.45, 7) is 12.4. The molecule has 0 atom stereocenters. The van der Waals surface area contributed by atoms with Gasteiger partial charge in [0.15, 0.2) is 0 Å². The molecule has 1 fully saturated rings. The molecule has 0 unspecified atom stereocenters. The van der Waals surface area contributed by atoms with Gasteiger partial charge in [0.1, 0.15) is 0 Å². The van der Waals surface area contributed by atoms with Gasteiger partial charge in [0.2, 0.25) is 0 Å².